The molecule has 186 valence electrons. The zero-order valence-corrected chi connectivity index (χ0v) is 21.2. The number of amides is 2. The maximum Gasteiger partial charge on any atom is 0.311 e. The lowest BCUT2D eigenvalue weighted by Crippen LogP contribution is -2.28. The fourth-order valence-electron chi connectivity index (χ4n) is 3.75. The van der Waals surface area contributed by atoms with Gasteiger partial charge in [0.1, 0.15) is 11.5 Å². The summed E-state index contributed by atoms with van der Waals surface area (Å²) >= 11 is 11.8. The summed E-state index contributed by atoms with van der Waals surface area (Å²) in [5.41, 5.74) is 3.40. The van der Waals surface area contributed by atoms with Crippen LogP contribution in [-0.4, -0.2) is 30.9 Å². The fourth-order valence-corrected chi connectivity index (χ4v) is 4.05. The van der Waals surface area contributed by atoms with E-state index < -0.39 is 24.4 Å². The molecule has 36 heavy (non-hydrogen) atoms. The predicted octanol–water partition coefficient (Wildman–Crippen LogP) is 5.94. The van der Waals surface area contributed by atoms with Gasteiger partial charge in [0.15, 0.2) is 6.61 Å². The van der Waals surface area contributed by atoms with E-state index in [4.69, 9.17) is 32.7 Å². The van der Waals surface area contributed by atoms with Crippen LogP contribution in [0.15, 0.2) is 60.7 Å². The second-order valence-corrected chi connectivity index (χ2v) is 9.35. The first-order chi connectivity index (χ1) is 17.2. The molecule has 1 aliphatic heterocycles. The summed E-state index contributed by atoms with van der Waals surface area (Å²) in [5.74, 6) is -0.624. The van der Waals surface area contributed by atoms with Gasteiger partial charge in [-0.15, -0.1) is 0 Å². The highest BCUT2D eigenvalue weighted by Gasteiger charge is 2.36. The first kappa shape index (κ1) is 25.5. The quantitative estimate of drug-likeness (QED) is 0.385. The van der Waals surface area contributed by atoms with Crippen molar-refractivity contribution in [2.75, 3.05) is 23.4 Å². The van der Waals surface area contributed by atoms with E-state index >= 15 is 0 Å². The molecule has 1 aliphatic rings. The van der Waals surface area contributed by atoms with Crippen LogP contribution in [0.1, 0.15) is 17.5 Å². The van der Waals surface area contributed by atoms with E-state index in [-0.39, 0.29) is 18.9 Å². The molecule has 7 nitrogen and oxygen atoms in total. The number of carbonyl (C=O) groups excluding carboxylic acids is 3. The first-order valence-electron chi connectivity index (χ1n) is 11.3. The van der Waals surface area contributed by atoms with E-state index in [9.17, 15) is 14.4 Å². The number of esters is 1. The van der Waals surface area contributed by atoms with Crippen LogP contribution in [0, 0.1) is 19.8 Å². The second-order valence-electron chi connectivity index (χ2n) is 8.53. The normalized spacial score (nSPS) is 15.1. The largest absolute Gasteiger partial charge is 0.457 e. The van der Waals surface area contributed by atoms with Crippen molar-refractivity contribution in [3.05, 3.63) is 81.8 Å². The summed E-state index contributed by atoms with van der Waals surface area (Å²) in [4.78, 5) is 38.7. The van der Waals surface area contributed by atoms with Gasteiger partial charge in [0.05, 0.1) is 16.0 Å². The number of aryl methyl sites for hydroxylation is 2. The summed E-state index contributed by atoms with van der Waals surface area (Å²) < 4.78 is 11.0. The van der Waals surface area contributed by atoms with Gasteiger partial charge in [-0.3, -0.25) is 14.4 Å². The van der Waals surface area contributed by atoms with Crippen LogP contribution in [-0.2, 0) is 19.1 Å². The highest BCUT2D eigenvalue weighted by molar-refractivity contribution is 6.42. The molecular formula is C27H24Cl2N2O5. The maximum absolute atomic E-state index is 12.6. The van der Waals surface area contributed by atoms with Crippen molar-refractivity contribution in [2.24, 2.45) is 5.92 Å². The van der Waals surface area contributed by atoms with E-state index in [0.717, 1.165) is 11.3 Å². The van der Waals surface area contributed by atoms with Crippen molar-refractivity contribution in [1.29, 1.82) is 0 Å². The molecule has 3 aromatic carbocycles. The number of nitrogens with one attached hydrogen (secondary N) is 1. The van der Waals surface area contributed by atoms with Crippen LogP contribution < -0.4 is 15.0 Å². The molecule has 0 radical (unpaired) electrons. The lowest BCUT2D eigenvalue weighted by Gasteiger charge is -2.17. The number of halogens is 2. The van der Waals surface area contributed by atoms with Gasteiger partial charge in [-0.1, -0.05) is 29.3 Å². The third-order valence-electron chi connectivity index (χ3n) is 5.87. The summed E-state index contributed by atoms with van der Waals surface area (Å²) in [6, 6.07) is 17.6. The van der Waals surface area contributed by atoms with E-state index in [0.29, 0.717) is 27.2 Å². The van der Waals surface area contributed by atoms with Gasteiger partial charge in [-0.25, -0.2) is 0 Å². The van der Waals surface area contributed by atoms with Gasteiger partial charge < -0.3 is 19.7 Å². The van der Waals surface area contributed by atoms with Crippen molar-refractivity contribution in [1.82, 2.24) is 0 Å². The Bertz CT molecular complexity index is 1310. The van der Waals surface area contributed by atoms with Crippen LogP contribution in [0.3, 0.4) is 0 Å². The minimum atomic E-state index is -0.665. The third kappa shape index (κ3) is 6.17. The van der Waals surface area contributed by atoms with Gasteiger partial charge in [-0.05, 0) is 79.6 Å². The molecule has 1 saturated heterocycles. The lowest BCUT2D eigenvalue weighted by atomic mass is 10.1. The average Bonchev–Trinajstić information content (AvgIpc) is 3.24. The molecule has 2 amide bonds. The molecule has 0 bridgehead atoms. The smallest absolute Gasteiger partial charge is 0.311 e. The fraction of sp³-hybridized carbons (Fsp3) is 0.222. The van der Waals surface area contributed by atoms with Crippen LogP contribution >= 0.6 is 23.2 Å². The Labute approximate surface area is 218 Å². The molecular weight excluding hydrogens is 503 g/mol. The van der Waals surface area contributed by atoms with E-state index in [1.54, 1.807) is 36.4 Å². The monoisotopic (exact) mass is 526 g/mol. The van der Waals surface area contributed by atoms with Crippen molar-refractivity contribution in [3.63, 3.8) is 0 Å². The lowest BCUT2D eigenvalue weighted by molar-refractivity contribution is -0.151. The number of ether oxygens (including phenoxy) is 2. The molecule has 4 rings (SSSR count). The number of anilines is 2. The van der Waals surface area contributed by atoms with E-state index in [2.05, 4.69) is 5.32 Å². The Morgan fingerprint density at radius 2 is 1.67 bits per heavy atom. The van der Waals surface area contributed by atoms with Crippen LogP contribution in [0.5, 0.6) is 11.5 Å². The predicted molar refractivity (Wildman–Crippen MR) is 139 cm³/mol. The Kier molecular flexibility index (Phi) is 7.82. The van der Waals surface area contributed by atoms with Crippen LogP contribution in [0.4, 0.5) is 11.4 Å². The van der Waals surface area contributed by atoms with Gasteiger partial charge in [0.2, 0.25) is 5.91 Å². The van der Waals surface area contributed by atoms with Gasteiger partial charge >= 0.3 is 5.97 Å². The molecule has 9 heteroatoms. The molecule has 1 atom stereocenters. The number of rotatable bonds is 7. The molecule has 1 heterocycles. The van der Waals surface area contributed by atoms with Crippen molar-refractivity contribution in [2.45, 2.75) is 20.3 Å². The minimum absolute atomic E-state index is 0.00807. The summed E-state index contributed by atoms with van der Waals surface area (Å²) in [6.45, 7) is 3.75. The zero-order chi connectivity index (χ0) is 25.8. The number of nitrogens with zero attached hydrogens (tertiary/aromatic N) is 1. The molecule has 1 N–H and O–H groups in total. The zero-order valence-electron chi connectivity index (χ0n) is 19.7. The molecule has 0 aromatic heterocycles. The molecule has 1 fully saturated rings. The van der Waals surface area contributed by atoms with Crippen molar-refractivity contribution in [3.8, 4) is 11.5 Å². The van der Waals surface area contributed by atoms with Crippen LogP contribution in [0.2, 0.25) is 10.0 Å². The Hall–Kier alpha value is -3.55. The van der Waals surface area contributed by atoms with Crippen molar-refractivity contribution >= 4 is 52.4 Å². The highest BCUT2D eigenvalue weighted by Crippen LogP contribution is 2.30. The Morgan fingerprint density at radius 1 is 0.944 bits per heavy atom. The second kappa shape index (κ2) is 11.0. The summed E-state index contributed by atoms with van der Waals surface area (Å²) in [5, 5.41) is 3.23. The average molecular weight is 527 g/mol. The molecule has 0 saturated carbocycles. The van der Waals surface area contributed by atoms with E-state index in [1.165, 1.54) is 16.5 Å². The van der Waals surface area contributed by atoms with Gasteiger partial charge in [-0.2, -0.15) is 0 Å². The number of hydrogen-bond donors (Lipinski definition) is 1. The summed E-state index contributed by atoms with van der Waals surface area (Å²) in [7, 11) is 0. The minimum Gasteiger partial charge on any atom is -0.457 e. The standard InChI is InChI=1S/C27H24Cl2N2O5/c1-16-3-7-22(11-17(16)2)36-21-8-5-20(6-9-21)31-14-18(12-26(31)33)27(34)35-15-25(32)30-19-4-10-23(28)24(29)13-19/h3-11,13,18H,12,14-15H2,1-2H3,(H,30,32)/t18-/m1/s1. The first-order valence-corrected chi connectivity index (χ1v) is 12.0. The highest BCUT2D eigenvalue weighted by atomic mass is 35.5. The van der Waals surface area contributed by atoms with E-state index in [1.807, 2.05) is 32.0 Å². The number of hydrogen-bond acceptors (Lipinski definition) is 5. The maximum atomic E-state index is 12.6. The molecule has 3 aromatic rings. The number of benzene rings is 3. The topological polar surface area (TPSA) is 84.9 Å². The summed E-state index contributed by atoms with van der Waals surface area (Å²) in [6.07, 6.45) is 0.00807. The van der Waals surface area contributed by atoms with Crippen molar-refractivity contribution < 1.29 is 23.9 Å². The molecule has 0 spiro atoms. The van der Waals surface area contributed by atoms with Crippen LogP contribution in [0.25, 0.3) is 0 Å². The Morgan fingerprint density at radius 3 is 2.36 bits per heavy atom. The molecule has 0 aliphatic carbocycles. The molecule has 0 unspecified atom stereocenters. The third-order valence-corrected chi connectivity index (χ3v) is 6.61. The Balaban J connectivity index is 1.30. The number of carbonyl (C=O) groups is 3. The van der Waals surface area contributed by atoms with Gasteiger partial charge in [0.25, 0.3) is 5.91 Å². The van der Waals surface area contributed by atoms with Gasteiger partial charge in [0, 0.05) is 24.3 Å². The SMILES string of the molecule is Cc1ccc(Oc2ccc(N3C[C@H](C(=O)OCC(=O)Nc4ccc(Cl)c(Cl)c4)CC3=O)cc2)cc1C.